The van der Waals surface area contributed by atoms with E-state index in [4.69, 9.17) is 9.47 Å². The third-order valence-electron chi connectivity index (χ3n) is 2.94. The fourth-order valence-electron chi connectivity index (χ4n) is 1.73. The molecule has 1 aliphatic rings. The van der Waals surface area contributed by atoms with Crippen molar-refractivity contribution >= 4 is 17.9 Å². The quantitative estimate of drug-likeness (QED) is 0.458. The molecule has 0 aliphatic heterocycles. The second kappa shape index (κ2) is 6.21. The Morgan fingerprint density at radius 3 is 2.71 bits per heavy atom. The van der Waals surface area contributed by atoms with Gasteiger partial charge in [-0.15, -0.1) is 0 Å². The lowest BCUT2D eigenvalue weighted by Gasteiger charge is -2.11. The van der Waals surface area contributed by atoms with Crippen molar-refractivity contribution in [3.63, 3.8) is 0 Å². The minimum atomic E-state index is -0.694. The van der Waals surface area contributed by atoms with Crippen LogP contribution in [0.1, 0.15) is 23.2 Å². The maximum absolute atomic E-state index is 11.5. The van der Waals surface area contributed by atoms with E-state index in [0.717, 1.165) is 18.9 Å². The highest BCUT2D eigenvalue weighted by molar-refractivity contribution is 5.83. The van der Waals surface area contributed by atoms with E-state index in [0.29, 0.717) is 6.29 Å². The Morgan fingerprint density at radius 2 is 2.19 bits per heavy atom. The number of methoxy groups -OCH3 is 1. The number of nitrogens with zero attached hydrogens (tertiary/aromatic N) is 1. The second-order valence-electron chi connectivity index (χ2n) is 4.57. The Morgan fingerprint density at radius 1 is 1.48 bits per heavy atom. The number of aldehydes is 1. The molecule has 0 unspecified atom stereocenters. The van der Waals surface area contributed by atoms with Crippen molar-refractivity contribution in [1.82, 2.24) is 5.32 Å². The molecule has 112 valence electrons. The average Bonchev–Trinajstić information content (AvgIpc) is 3.27. The van der Waals surface area contributed by atoms with Gasteiger partial charge in [-0.25, -0.2) is 0 Å². The summed E-state index contributed by atoms with van der Waals surface area (Å²) in [7, 11) is 1.34. The Hall–Kier alpha value is -2.64. The van der Waals surface area contributed by atoms with E-state index in [2.05, 4.69) is 5.32 Å². The van der Waals surface area contributed by atoms with Crippen LogP contribution < -0.4 is 14.8 Å². The lowest BCUT2D eigenvalue weighted by atomic mass is 10.1. The van der Waals surface area contributed by atoms with Crippen molar-refractivity contribution in [2.75, 3.05) is 13.7 Å². The highest BCUT2D eigenvalue weighted by Crippen LogP contribution is 2.34. The number of ether oxygens (including phenoxy) is 2. The van der Waals surface area contributed by atoms with Crippen molar-refractivity contribution in [3.05, 3.63) is 27.8 Å². The van der Waals surface area contributed by atoms with E-state index in [1.54, 1.807) is 0 Å². The zero-order chi connectivity index (χ0) is 15.4. The van der Waals surface area contributed by atoms with Crippen molar-refractivity contribution in [2.45, 2.75) is 18.9 Å². The summed E-state index contributed by atoms with van der Waals surface area (Å²) in [6.07, 6.45) is 2.27. The number of benzene rings is 1. The number of hydrogen-bond acceptors (Lipinski definition) is 6. The topological polar surface area (TPSA) is 108 Å². The summed E-state index contributed by atoms with van der Waals surface area (Å²) in [5, 5.41) is 13.6. The van der Waals surface area contributed by atoms with E-state index in [1.165, 1.54) is 13.2 Å². The molecule has 1 aliphatic carbocycles. The predicted molar refractivity (Wildman–Crippen MR) is 71.7 cm³/mol. The average molecular weight is 294 g/mol. The molecule has 0 bridgehead atoms. The Labute approximate surface area is 120 Å². The molecule has 0 saturated heterocycles. The Balaban J connectivity index is 2.15. The molecule has 0 heterocycles. The van der Waals surface area contributed by atoms with Crippen molar-refractivity contribution in [1.29, 1.82) is 0 Å². The van der Waals surface area contributed by atoms with Crippen LogP contribution in [0.4, 0.5) is 5.69 Å². The maximum Gasteiger partial charge on any atom is 0.283 e. The van der Waals surface area contributed by atoms with Crippen LogP contribution in [0.2, 0.25) is 0 Å². The third kappa shape index (κ3) is 3.68. The number of carbonyl (C=O) groups is 2. The number of hydrogen-bond donors (Lipinski definition) is 1. The maximum atomic E-state index is 11.5. The SMILES string of the molecule is COc1cc(C=O)c([N+](=O)[O-])cc1OCC(=O)NC1CC1. The fraction of sp³-hybridized carbons (Fsp3) is 0.385. The van der Waals surface area contributed by atoms with Crippen LogP contribution in [0.5, 0.6) is 11.5 Å². The minimum absolute atomic E-state index is 0.0424. The lowest BCUT2D eigenvalue weighted by molar-refractivity contribution is -0.385. The highest BCUT2D eigenvalue weighted by Gasteiger charge is 2.24. The normalized spacial score (nSPS) is 13.4. The van der Waals surface area contributed by atoms with Gasteiger partial charge in [0.1, 0.15) is 0 Å². The van der Waals surface area contributed by atoms with Gasteiger partial charge in [0, 0.05) is 12.1 Å². The summed E-state index contributed by atoms with van der Waals surface area (Å²) in [5.74, 6) is -0.107. The largest absolute Gasteiger partial charge is 0.493 e. The van der Waals surface area contributed by atoms with E-state index < -0.39 is 10.6 Å². The summed E-state index contributed by atoms with van der Waals surface area (Å²) in [6, 6.07) is 2.49. The van der Waals surface area contributed by atoms with E-state index >= 15 is 0 Å². The van der Waals surface area contributed by atoms with Gasteiger partial charge in [-0.3, -0.25) is 19.7 Å². The Bertz CT molecular complexity index is 582. The molecule has 0 spiro atoms. The molecule has 1 saturated carbocycles. The predicted octanol–water partition coefficient (Wildman–Crippen LogP) is 1.07. The minimum Gasteiger partial charge on any atom is -0.493 e. The molecule has 2 rings (SSSR count). The molecule has 1 aromatic rings. The van der Waals surface area contributed by atoms with Crippen LogP contribution in [-0.2, 0) is 4.79 Å². The number of nitro benzene ring substituents is 1. The van der Waals surface area contributed by atoms with Crippen molar-refractivity contribution < 1.29 is 24.0 Å². The molecule has 8 nitrogen and oxygen atoms in total. The van der Waals surface area contributed by atoms with E-state index in [9.17, 15) is 19.7 Å². The Kier molecular flexibility index (Phi) is 4.36. The highest BCUT2D eigenvalue weighted by atomic mass is 16.6. The second-order valence-corrected chi connectivity index (χ2v) is 4.57. The molecule has 1 fully saturated rings. The van der Waals surface area contributed by atoms with Crippen LogP contribution in [0, 0.1) is 10.1 Å². The summed E-state index contributed by atoms with van der Waals surface area (Å²) < 4.78 is 10.3. The lowest BCUT2D eigenvalue weighted by Crippen LogP contribution is -2.30. The molecule has 1 N–H and O–H groups in total. The molecule has 1 aromatic carbocycles. The van der Waals surface area contributed by atoms with E-state index in [1.807, 2.05) is 0 Å². The summed E-state index contributed by atoms with van der Waals surface area (Å²) >= 11 is 0. The molecule has 0 aromatic heterocycles. The summed E-state index contributed by atoms with van der Waals surface area (Å²) in [4.78, 5) is 32.6. The van der Waals surface area contributed by atoms with Gasteiger partial charge in [0.25, 0.3) is 11.6 Å². The first-order valence-electron chi connectivity index (χ1n) is 6.29. The van der Waals surface area contributed by atoms with Gasteiger partial charge < -0.3 is 14.8 Å². The number of rotatable bonds is 7. The molecule has 0 radical (unpaired) electrons. The molecular formula is C13H14N2O6. The summed E-state index contributed by atoms with van der Waals surface area (Å²) in [6.45, 7) is -0.273. The van der Waals surface area contributed by atoms with Crippen molar-refractivity contribution in [2.24, 2.45) is 0 Å². The van der Waals surface area contributed by atoms with Gasteiger partial charge in [-0.05, 0) is 12.8 Å². The standard InChI is InChI=1S/C13H14N2O6/c1-20-11-4-8(6-16)10(15(18)19)5-12(11)21-7-13(17)14-9-2-3-9/h4-6,9H,2-3,7H2,1H3,(H,14,17). The fourth-order valence-corrected chi connectivity index (χ4v) is 1.73. The smallest absolute Gasteiger partial charge is 0.283 e. The third-order valence-corrected chi connectivity index (χ3v) is 2.94. The molecule has 8 heteroatoms. The van der Waals surface area contributed by atoms with Crippen molar-refractivity contribution in [3.8, 4) is 11.5 Å². The molecule has 21 heavy (non-hydrogen) atoms. The number of amides is 1. The first kappa shape index (κ1) is 14.8. The van der Waals surface area contributed by atoms with E-state index in [-0.39, 0.29) is 35.6 Å². The number of nitrogens with one attached hydrogen (secondary N) is 1. The van der Waals surface area contributed by atoms with Gasteiger partial charge in [0.05, 0.1) is 23.7 Å². The molecule has 1 amide bonds. The van der Waals surface area contributed by atoms with Gasteiger partial charge in [-0.1, -0.05) is 0 Å². The monoisotopic (exact) mass is 294 g/mol. The number of nitro groups is 1. The van der Waals surface area contributed by atoms with Crippen LogP contribution in [0.3, 0.4) is 0 Å². The zero-order valence-corrected chi connectivity index (χ0v) is 11.3. The van der Waals surface area contributed by atoms with Gasteiger partial charge in [-0.2, -0.15) is 0 Å². The number of carbonyl (C=O) groups excluding carboxylic acids is 2. The summed E-state index contributed by atoms with van der Waals surface area (Å²) in [5.41, 5.74) is -0.518. The van der Waals surface area contributed by atoms with Crippen LogP contribution >= 0.6 is 0 Å². The van der Waals surface area contributed by atoms with Gasteiger partial charge >= 0.3 is 0 Å². The van der Waals surface area contributed by atoms with Crippen LogP contribution in [0.25, 0.3) is 0 Å². The molecule has 0 atom stereocenters. The van der Waals surface area contributed by atoms with Gasteiger partial charge in [0.15, 0.2) is 24.4 Å². The van der Waals surface area contributed by atoms with Crippen LogP contribution in [-0.4, -0.2) is 36.9 Å². The molecular weight excluding hydrogens is 280 g/mol. The van der Waals surface area contributed by atoms with Gasteiger partial charge in [0.2, 0.25) is 0 Å². The van der Waals surface area contributed by atoms with Crippen LogP contribution in [0.15, 0.2) is 12.1 Å². The zero-order valence-electron chi connectivity index (χ0n) is 11.3. The first-order valence-corrected chi connectivity index (χ1v) is 6.29. The first-order chi connectivity index (χ1) is 10.0.